The molecular weight excluding hydrogens is 1360 g/mol. The predicted octanol–water partition coefficient (Wildman–Crippen LogP) is 14.2. The van der Waals surface area contributed by atoms with Crippen molar-refractivity contribution in [2.75, 3.05) is 251 Å². The van der Waals surface area contributed by atoms with Crippen molar-refractivity contribution in [1.29, 1.82) is 0 Å². The molecule has 105 heavy (non-hydrogen) atoms. The lowest BCUT2D eigenvalue weighted by molar-refractivity contribution is -0.109. The summed E-state index contributed by atoms with van der Waals surface area (Å²) >= 11 is 0. The van der Waals surface area contributed by atoms with Gasteiger partial charge in [0.1, 0.15) is 13.2 Å². The lowest BCUT2D eigenvalue weighted by Gasteiger charge is -2.29. The summed E-state index contributed by atoms with van der Waals surface area (Å²) in [6, 6.07) is 0. The molecule has 3 rings (SSSR count). The quantitative estimate of drug-likeness (QED) is 0.224. The third-order valence-corrected chi connectivity index (χ3v) is 17.5. The molecule has 4 atom stereocenters. The Hall–Kier alpha value is -2.22. The van der Waals surface area contributed by atoms with Crippen LogP contribution in [-0.2, 0) is 109 Å². The fourth-order valence-electron chi connectivity index (χ4n) is 11.1. The zero-order valence-corrected chi connectivity index (χ0v) is 65.8. The SMILES string of the molecule is O=C1OCC(COC2CCCOCCCCOCCCCOCCCCOCCCCOCCCCOCCCCOCCCCOCCCCOCCCCOCCCCOCCCCOCCCCOCCCCOCCCCOCCCCOCCCCOCCCC2OCC2COC(=O)O2)O1. The van der Waals surface area contributed by atoms with Gasteiger partial charge in [-0.1, -0.05) is 0 Å². The first-order valence-corrected chi connectivity index (χ1v) is 41.9. The second kappa shape index (κ2) is 81.3. The van der Waals surface area contributed by atoms with Crippen molar-refractivity contribution in [3.8, 4) is 0 Å². The molecular formula is C80H152O25. The minimum absolute atomic E-state index is 0.134. The number of carbonyl (C=O) groups is 2. The van der Waals surface area contributed by atoms with Crippen molar-refractivity contribution in [3.63, 3.8) is 0 Å². The Bertz CT molecular complexity index is 1630. The molecule has 3 saturated heterocycles. The summed E-state index contributed by atoms with van der Waals surface area (Å²) in [6.45, 7) is 26.2. The monoisotopic (exact) mass is 1510 g/mol. The van der Waals surface area contributed by atoms with Gasteiger partial charge < -0.3 is 109 Å². The Morgan fingerprint density at radius 2 is 0.314 bits per heavy atom. The Labute approximate surface area is 634 Å². The van der Waals surface area contributed by atoms with E-state index < -0.39 is 24.5 Å². The second-order valence-corrected chi connectivity index (χ2v) is 27.4. The third kappa shape index (κ3) is 70.6. The molecule has 0 amide bonds. The van der Waals surface area contributed by atoms with Gasteiger partial charge in [0.05, 0.1) is 25.4 Å². The van der Waals surface area contributed by atoms with Crippen molar-refractivity contribution in [1.82, 2.24) is 0 Å². The van der Waals surface area contributed by atoms with Crippen LogP contribution < -0.4 is 0 Å². The average molecular weight is 1510 g/mol. The maximum absolute atomic E-state index is 11.7. The zero-order chi connectivity index (χ0) is 74.1. The molecule has 0 spiro atoms. The molecule has 622 valence electrons. The molecule has 0 saturated carbocycles. The van der Waals surface area contributed by atoms with E-state index in [9.17, 15) is 9.59 Å². The molecule has 3 aliphatic heterocycles. The number of carbonyl (C=O) groups excluding carboxylic acids is 2. The molecule has 0 aromatic carbocycles. The minimum Gasteiger partial charge on any atom is -0.430 e. The van der Waals surface area contributed by atoms with Crippen LogP contribution in [0.15, 0.2) is 0 Å². The van der Waals surface area contributed by atoms with E-state index >= 15 is 0 Å². The van der Waals surface area contributed by atoms with Gasteiger partial charge in [-0.05, 0) is 231 Å². The van der Waals surface area contributed by atoms with E-state index in [1.807, 2.05) is 0 Å². The van der Waals surface area contributed by atoms with Crippen molar-refractivity contribution in [2.24, 2.45) is 0 Å². The second-order valence-electron chi connectivity index (χ2n) is 27.4. The predicted molar refractivity (Wildman–Crippen MR) is 402 cm³/mol. The van der Waals surface area contributed by atoms with Crippen LogP contribution in [0.2, 0.25) is 0 Å². The van der Waals surface area contributed by atoms with Crippen LogP contribution in [0.1, 0.15) is 231 Å². The Kier molecular flexibility index (Phi) is 75.1. The van der Waals surface area contributed by atoms with Gasteiger partial charge in [0.15, 0.2) is 12.2 Å². The molecule has 25 heteroatoms. The van der Waals surface area contributed by atoms with E-state index in [4.69, 9.17) is 109 Å². The van der Waals surface area contributed by atoms with Gasteiger partial charge in [-0.25, -0.2) is 9.59 Å². The van der Waals surface area contributed by atoms with Crippen LogP contribution in [0.3, 0.4) is 0 Å². The molecule has 25 nitrogen and oxygen atoms in total. The maximum Gasteiger partial charge on any atom is 0.508 e. The largest absolute Gasteiger partial charge is 0.508 e. The summed E-state index contributed by atoms with van der Waals surface area (Å²) in [6.07, 6.45) is 31.8. The highest BCUT2D eigenvalue weighted by Gasteiger charge is 2.32. The van der Waals surface area contributed by atoms with Crippen LogP contribution in [0.25, 0.3) is 0 Å². The molecule has 0 aromatic rings. The zero-order valence-electron chi connectivity index (χ0n) is 65.8. The van der Waals surface area contributed by atoms with Crippen molar-refractivity contribution in [2.45, 2.75) is 256 Å². The normalized spacial score (nSPS) is 26.2. The topological polar surface area (TPSA) is 246 Å². The number of ether oxygens (including phenoxy) is 23. The highest BCUT2D eigenvalue weighted by Crippen LogP contribution is 2.21. The molecule has 0 N–H and O–H groups in total. The lowest BCUT2D eigenvalue weighted by atomic mass is 10.0. The standard InChI is InChI=1S/C80H152O25/c81-79-102-73-75(104-79)71-100-77-35-33-69-98-67-31-29-65-96-63-27-25-61-94-59-23-21-57-92-55-19-17-53-90-51-15-13-49-88-47-11-9-45-86-43-7-5-41-84-39-3-1-37-83-38-2-4-40-85-42-6-8-44-87-46-10-12-48-89-50-14-16-52-91-54-18-20-56-93-58-22-24-60-95-62-26-28-64-97-66-30-32-68-99-70-34-36-78(77)101-72-76-74-103-80(82)105-76/h75-78H,1-74H2. The highest BCUT2D eigenvalue weighted by molar-refractivity contribution is 5.62. The van der Waals surface area contributed by atoms with Crippen molar-refractivity contribution < 1.29 is 119 Å². The summed E-state index contributed by atoms with van der Waals surface area (Å²) in [5.41, 5.74) is 0. The summed E-state index contributed by atoms with van der Waals surface area (Å²) < 4.78 is 133. The van der Waals surface area contributed by atoms with Crippen LogP contribution >= 0.6 is 0 Å². The number of cyclic esters (lactones) is 4. The van der Waals surface area contributed by atoms with Crippen molar-refractivity contribution in [3.05, 3.63) is 0 Å². The maximum atomic E-state index is 11.7. The summed E-state index contributed by atoms with van der Waals surface area (Å²) in [5.74, 6) is 0. The first-order valence-electron chi connectivity index (χ1n) is 41.9. The third-order valence-electron chi connectivity index (χ3n) is 17.5. The van der Waals surface area contributed by atoms with Gasteiger partial charge in [0, 0.05) is 225 Å². The minimum atomic E-state index is -0.696. The summed E-state index contributed by atoms with van der Waals surface area (Å²) in [7, 11) is 0. The fourth-order valence-corrected chi connectivity index (χ4v) is 11.1. The Morgan fingerprint density at radius 1 is 0.190 bits per heavy atom. The summed E-state index contributed by atoms with van der Waals surface area (Å²) in [4.78, 5) is 23.4. The van der Waals surface area contributed by atoms with Crippen LogP contribution in [-0.4, -0.2) is 288 Å². The fraction of sp³-hybridized carbons (Fsp3) is 0.975. The molecule has 0 aromatic heterocycles. The molecule has 3 fully saturated rings. The van der Waals surface area contributed by atoms with E-state index in [1.165, 1.54) is 0 Å². The Morgan fingerprint density at radius 3 is 0.429 bits per heavy atom. The number of hydrogen-bond donors (Lipinski definition) is 0. The lowest BCUT2D eigenvalue weighted by Crippen LogP contribution is -2.37. The summed E-state index contributed by atoms with van der Waals surface area (Å²) in [5, 5.41) is 0. The number of hydrogen-bond acceptors (Lipinski definition) is 25. The van der Waals surface area contributed by atoms with Gasteiger partial charge in [-0.3, -0.25) is 0 Å². The van der Waals surface area contributed by atoms with Crippen LogP contribution in [0.5, 0.6) is 0 Å². The van der Waals surface area contributed by atoms with Gasteiger partial charge in [0.2, 0.25) is 0 Å². The first-order chi connectivity index (χ1) is 52.2. The van der Waals surface area contributed by atoms with E-state index in [-0.39, 0.29) is 38.6 Å². The molecule has 0 radical (unpaired) electrons. The van der Waals surface area contributed by atoms with Gasteiger partial charge >= 0.3 is 12.3 Å². The smallest absolute Gasteiger partial charge is 0.430 e. The molecule has 0 bridgehead atoms. The van der Waals surface area contributed by atoms with E-state index in [0.29, 0.717) is 52.5 Å². The van der Waals surface area contributed by atoms with E-state index in [1.54, 1.807) is 0 Å². The van der Waals surface area contributed by atoms with Gasteiger partial charge in [0.25, 0.3) is 0 Å². The van der Waals surface area contributed by atoms with Crippen molar-refractivity contribution >= 4 is 12.3 Å². The van der Waals surface area contributed by atoms with Crippen LogP contribution in [0, 0.1) is 0 Å². The molecule has 3 aliphatic rings. The van der Waals surface area contributed by atoms with E-state index in [0.717, 1.165) is 403 Å². The van der Waals surface area contributed by atoms with Crippen LogP contribution in [0.4, 0.5) is 9.59 Å². The molecule has 0 aliphatic carbocycles. The number of rotatable bonds is 6. The van der Waals surface area contributed by atoms with Gasteiger partial charge in [-0.2, -0.15) is 0 Å². The first kappa shape index (κ1) is 97.0. The molecule has 3 heterocycles. The highest BCUT2D eigenvalue weighted by atomic mass is 16.8. The van der Waals surface area contributed by atoms with E-state index in [2.05, 4.69) is 0 Å². The molecule has 4 unspecified atom stereocenters. The Balaban J connectivity index is 1.21. The van der Waals surface area contributed by atoms with Gasteiger partial charge in [-0.15, -0.1) is 0 Å². The average Bonchev–Trinajstić information content (AvgIpc) is 1.88.